The van der Waals surface area contributed by atoms with Gasteiger partial charge in [0.25, 0.3) is 0 Å². The zero-order valence-electron chi connectivity index (χ0n) is 10.3. The highest BCUT2D eigenvalue weighted by molar-refractivity contribution is 7.89. The van der Waals surface area contributed by atoms with Crippen molar-refractivity contribution in [3.05, 3.63) is 29.3 Å². The minimum atomic E-state index is -3.36. The molecule has 18 heavy (non-hydrogen) atoms. The lowest BCUT2D eigenvalue weighted by molar-refractivity contribution is 0.196. The minimum absolute atomic E-state index is 0.317. The Morgan fingerprint density at radius 3 is 2.17 bits per heavy atom. The Labute approximate surface area is 113 Å². The maximum absolute atomic E-state index is 12.4. The van der Waals surface area contributed by atoms with E-state index in [-0.39, 0.29) is 0 Å². The normalized spacial score (nSPS) is 19.0. The van der Waals surface area contributed by atoms with Crippen LogP contribution in [0.15, 0.2) is 29.2 Å². The quantitative estimate of drug-likeness (QED) is 0.849. The molecular weight excluding hydrogens is 272 g/mol. The summed E-state index contributed by atoms with van der Waals surface area (Å²) < 4.78 is 26.3. The Morgan fingerprint density at radius 2 is 1.67 bits per heavy atom. The van der Waals surface area contributed by atoms with Crippen LogP contribution < -0.4 is 0 Å². The third-order valence-electron chi connectivity index (χ3n) is 3.23. The molecule has 0 aromatic heterocycles. The average molecular weight is 289 g/mol. The van der Waals surface area contributed by atoms with Gasteiger partial charge in [-0.2, -0.15) is 4.31 Å². The number of sulfonamides is 1. The molecule has 1 fully saturated rings. The largest absolute Gasteiger partial charge is 0.301 e. The van der Waals surface area contributed by atoms with Crippen LogP contribution in [-0.2, 0) is 10.0 Å². The van der Waals surface area contributed by atoms with Gasteiger partial charge < -0.3 is 4.90 Å². The van der Waals surface area contributed by atoms with Crippen molar-refractivity contribution < 1.29 is 8.42 Å². The van der Waals surface area contributed by atoms with Crippen molar-refractivity contribution in [1.82, 2.24) is 9.21 Å². The molecule has 1 aromatic rings. The fourth-order valence-electron chi connectivity index (χ4n) is 2.04. The van der Waals surface area contributed by atoms with Crippen LogP contribution >= 0.6 is 11.6 Å². The zero-order valence-corrected chi connectivity index (χ0v) is 11.9. The minimum Gasteiger partial charge on any atom is -0.301 e. The molecular formula is C12H17ClN2O2S. The highest BCUT2D eigenvalue weighted by Gasteiger charge is 2.27. The van der Waals surface area contributed by atoms with Gasteiger partial charge in [-0.3, -0.25) is 0 Å². The summed E-state index contributed by atoms with van der Waals surface area (Å²) in [6.07, 6.45) is 0. The van der Waals surface area contributed by atoms with E-state index in [9.17, 15) is 8.42 Å². The smallest absolute Gasteiger partial charge is 0.243 e. The first kappa shape index (κ1) is 13.8. The van der Waals surface area contributed by atoms with Crippen LogP contribution in [0.5, 0.6) is 0 Å². The molecule has 1 heterocycles. The van der Waals surface area contributed by atoms with Gasteiger partial charge in [-0.1, -0.05) is 18.5 Å². The number of rotatable bonds is 3. The van der Waals surface area contributed by atoms with Crippen LogP contribution in [0.25, 0.3) is 0 Å². The van der Waals surface area contributed by atoms with Crippen molar-refractivity contribution in [2.24, 2.45) is 0 Å². The average Bonchev–Trinajstić information content (AvgIpc) is 2.39. The number of benzene rings is 1. The van der Waals surface area contributed by atoms with E-state index in [1.807, 2.05) is 0 Å². The zero-order chi connectivity index (χ0) is 13.2. The number of likely N-dealkylation sites (N-methyl/N-ethyl adjacent to an activating group) is 1. The van der Waals surface area contributed by atoms with E-state index in [4.69, 9.17) is 11.6 Å². The summed E-state index contributed by atoms with van der Waals surface area (Å²) in [5.74, 6) is 0. The highest BCUT2D eigenvalue weighted by Crippen LogP contribution is 2.19. The van der Waals surface area contributed by atoms with Gasteiger partial charge in [-0.25, -0.2) is 8.42 Å². The molecule has 1 aromatic carbocycles. The van der Waals surface area contributed by atoms with Crippen molar-refractivity contribution in [3.63, 3.8) is 0 Å². The summed E-state index contributed by atoms with van der Waals surface area (Å²) in [5, 5.41) is 0.546. The van der Waals surface area contributed by atoms with E-state index in [0.717, 1.165) is 19.6 Å². The topological polar surface area (TPSA) is 40.6 Å². The molecule has 0 aliphatic carbocycles. The van der Waals surface area contributed by atoms with Crippen LogP contribution in [0.2, 0.25) is 5.02 Å². The molecule has 1 saturated heterocycles. The van der Waals surface area contributed by atoms with E-state index in [1.165, 1.54) is 0 Å². The van der Waals surface area contributed by atoms with Gasteiger partial charge in [0, 0.05) is 31.2 Å². The van der Waals surface area contributed by atoms with Crippen molar-refractivity contribution in [3.8, 4) is 0 Å². The molecule has 0 spiro atoms. The first-order valence-corrected chi connectivity index (χ1v) is 7.84. The molecule has 100 valence electrons. The summed E-state index contributed by atoms with van der Waals surface area (Å²) in [4.78, 5) is 2.56. The van der Waals surface area contributed by atoms with Gasteiger partial charge >= 0.3 is 0 Å². The van der Waals surface area contributed by atoms with E-state index in [1.54, 1.807) is 28.6 Å². The fraction of sp³-hybridized carbons (Fsp3) is 0.500. The Hall–Kier alpha value is -0.620. The van der Waals surface area contributed by atoms with Crippen LogP contribution in [0.1, 0.15) is 6.92 Å². The standard InChI is InChI=1S/C12H17ClN2O2S/c1-2-14-7-9-15(10-8-14)18(16,17)12-5-3-11(13)4-6-12/h3-6H,2,7-10H2,1H3. The molecule has 0 N–H and O–H groups in total. The van der Waals surface area contributed by atoms with Gasteiger partial charge in [0.05, 0.1) is 4.90 Å². The molecule has 1 aliphatic rings. The Kier molecular flexibility index (Phi) is 4.27. The van der Waals surface area contributed by atoms with E-state index < -0.39 is 10.0 Å². The lowest BCUT2D eigenvalue weighted by Crippen LogP contribution is -2.48. The number of piperazine rings is 1. The first-order valence-electron chi connectivity index (χ1n) is 6.02. The van der Waals surface area contributed by atoms with Crippen molar-refractivity contribution >= 4 is 21.6 Å². The molecule has 0 unspecified atom stereocenters. The molecule has 4 nitrogen and oxygen atoms in total. The van der Waals surface area contributed by atoms with E-state index in [0.29, 0.717) is 23.0 Å². The van der Waals surface area contributed by atoms with Crippen molar-refractivity contribution in [2.45, 2.75) is 11.8 Å². The van der Waals surface area contributed by atoms with Crippen LogP contribution in [0, 0.1) is 0 Å². The predicted molar refractivity (Wildman–Crippen MR) is 72.3 cm³/mol. The molecule has 0 radical (unpaired) electrons. The summed E-state index contributed by atoms with van der Waals surface area (Å²) in [6.45, 7) is 5.75. The summed E-state index contributed by atoms with van der Waals surface area (Å²) in [5.41, 5.74) is 0. The third-order valence-corrected chi connectivity index (χ3v) is 5.39. The molecule has 0 atom stereocenters. The van der Waals surface area contributed by atoms with Crippen LogP contribution in [0.4, 0.5) is 0 Å². The van der Waals surface area contributed by atoms with Crippen LogP contribution in [-0.4, -0.2) is 50.3 Å². The monoisotopic (exact) mass is 288 g/mol. The summed E-state index contributed by atoms with van der Waals surface area (Å²) in [6, 6.07) is 6.33. The van der Waals surface area contributed by atoms with Gasteiger partial charge in [-0.15, -0.1) is 0 Å². The lowest BCUT2D eigenvalue weighted by atomic mass is 10.4. The van der Waals surface area contributed by atoms with Crippen molar-refractivity contribution in [2.75, 3.05) is 32.7 Å². The molecule has 0 saturated carbocycles. The highest BCUT2D eigenvalue weighted by atomic mass is 35.5. The first-order chi connectivity index (χ1) is 8.54. The fourth-order valence-corrected chi connectivity index (χ4v) is 3.59. The third kappa shape index (κ3) is 2.85. The van der Waals surface area contributed by atoms with Crippen molar-refractivity contribution in [1.29, 1.82) is 0 Å². The predicted octanol–water partition coefficient (Wildman–Crippen LogP) is 1.67. The molecule has 2 rings (SSSR count). The van der Waals surface area contributed by atoms with Crippen LogP contribution in [0.3, 0.4) is 0 Å². The molecule has 1 aliphatic heterocycles. The maximum Gasteiger partial charge on any atom is 0.243 e. The van der Waals surface area contributed by atoms with Gasteiger partial charge in [-0.05, 0) is 30.8 Å². The van der Waals surface area contributed by atoms with E-state index >= 15 is 0 Å². The second-order valence-corrected chi connectivity index (χ2v) is 6.67. The number of nitrogens with zero attached hydrogens (tertiary/aromatic N) is 2. The number of hydrogen-bond donors (Lipinski definition) is 0. The van der Waals surface area contributed by atoms with Gasteiger partial charge in [0.15, 0.2) is 0 Å². The second-order valence-electron chi connectivity index (χ2n) is 4.29. The van der Waals surface area contributed by atoms with Gasteiger partial charge in [0.1, 0.15) is 0 Å². The SMILES string of the molecule is CCN1CCN(S(=O)(=O)c2ccc(Cl)cc2)CC1. The Bertz CT molecular complexity index is 493. The molecule has 0 bridgehead atoms. The number of hydrogen-bond acceptors (Lipinski definition) is 3. The summed E-state index contributed by atoms with van der Waals surface area (Å²) >= 11 is 5.77. The van der Waals surface area contributed by atoms with E-state index in [2.05, 4.69) is 11.8 Å². The second kappa shape index (κ2) is 5.57. The Morgan fingerprint density at radius 1 is 1.11 bits per heavy atom. The summed E-state index contributed by atoms with van der Waals surface area (Å²) in [7, 11) is -3.36. The maximum atomic E-state index is 12.4. The van der Waals surface area contributed by atoms with Gasteiger partial charge in [0.2, 0.25) is 10.0 Å². The Balaban J connectivity index is 2.15. The molecule has 0 amide bonds. The number of halogens is 1. The lowest BCUT2D eigenvalue weighted by Gasteiger charge is -2.33. The molecule has 6 heteroatoms.